The van der Waals surface area contributed by atoms with Crippen LogP contribution in [-0.2, 0) is 13.0 Å². The van der Waals surface area contributed by atoms with E-state index in [1.807, 2.05) is 22.8 Å². The Balaban J connectivity index is 1.71. The molecule has 0 fully saturated rings. The van der Waals surface area contributed by atoms with Crippen LogP contribution in [0.25, 0.3) is 11.2 Å². The lowest BCUT2D eigenvalue weighted by atomic mass is 10.2. The number of fused-ring (bicyclic) bond motifs is 1. The van der Waals surface area contributed by atoms with Crippen molar-refractivity contribution >= 4 is 32.9 Å². The lowest BCUT2D eigenvalue weighted by Gasteiger charge is -2.07. The number of rotatable bonds is 9. The van der Waals surface area contributed by atoms with E-state index >= 15 is 0 Å². The van der Waals surface area contributed by atoms with Crippen molar-refractivity contribution in [2.24, 2.45) is 0 Å². The van der Waals surface area contributed by atoms with Crippen molar-refractivity contribution in [1.82, 2.24) is 19.5 Å². The summed E-state index contributed by atoms with van der Waals surface area (Å²) in [6, 6.07) is 10.5. The highest BCUT2D eigenvalue weighted by Crippen LogP contribution is 2.25. The zero-order valence-corrected chi connectivity index (χ0v) is 17.0. The molecule has 0 unspecified atom stereocenters. The SMILES string of the molecule is CC/C=C/CCCn1c(Br)nc2c(N)nc(OCCc3ccccc3)nc21. The highest BCUT2D eigenvalue weighted by molar-refractivity contribution is 9.10. The fraction of sp³-hybridized carbons (Fsp3) is 0.350. The molecule has 27 heavy (non-hydrogen) atoms. The van der Waals surface area contributed by atoms with Gasteiger partial charge in [0, 0.05) is 13.0 Å². The van der Waals surface area contributed by atoms with Crippen LogP contribution in [0.1, 0.15) is 31.7 Å². The summed E-state index contributed by atoms with van der Waals surface area (Å²) in [4.78, 5) is 13.2. The number of halogens is 1. The van der Waals surface area contributed by atoms with Crippen molar-refractivity contribution in [3.63, 3.8) is 0 Å². The second-order valence-electron chi connectivity index (χ2n) is 6.20. The molecule has 0 radical (unpaired) electrons. The average Bonchev–Trinajstić information content (AvgIpc) is 2.99. The van der Waals surface area contributed by atoms with Crippen LogP contribution in [0.3, 0.4) is 0 Å². The van der Waals surface area contributed by atoms with Crippen LogP contribution in [0.2, 0.25) is 0 Å². The normalized spacial score (nSPS) is 11.5. The maximum Gasteiger partial charge on any atom is 0.320 e. The third-order valence-electron chi connectivity index (χ3n) is 4.17. The van der Waals surface area contributed by atoms with E-state index in [1.54, 1.807) is 0 Å². The Kier molecular flexibility index (Phi) is 6.81. The van der Waals surface area contributed by atoms with Crippen molar-refractivity contribution in [1.29, 1.82) is 0 Å². The first-order valence-corrected chi connectivity index (χ1v) is 9.99. The number of imidazole rings is 1. The number of nitrogen functional groups attached to an aromatic ring is 1. The van der Waals surface area contributed by atoms with Crippen molar-refractivity contribution in [2.75, 3.05) is 12.3 Å². The minimum absolute atomic E-state index is 0.287. The van der Waals surface area contributed by atoms with Crippen LogP contribution < -0.4 is 10.5 Å². The summed E-state index contributed by atoms with van der Waals surface area (Å²) in [5.41, 5.74) is 8.58. The maximum absolute atomic E-state index is 6.08. The molecule has 0 aliphatic heterocycles. The summed E-state index contributed by atoms with van der Waals surface area (Å²) in [5, 5.41) is 0. The van der Waals surface area contributed by atoms with Crippen LogP contribution >= 0.6 is 15.9 Å². The minimum Gasteiger partial charge on any atom is -0.463 e. The predicted molar refractivity (Wildman–Crippen MR) is 112 cm³/mol. The Bertz CT molecular complexity index is 908. The monoisotopic (exact) mass is 429 g/mol. The highest BCUT2D eigenvalue weighted by Gasteiger charge is 2.15. The Hall–Kier alpha value is -2.41. The summed E-state index contributed by atoms with van der Waals surface area (Å²) in [6.45, 7) is 3.42. The molecule has 0 amide bonds. The molecule has 3 aromatic rings. The zero-order chi connectivity index (χ0) is 19.1. The van der Waals surface area contributed by atoms with E-state index in [2.05, 4.69) is 62.1 Å². The number of anilines is 1. The predicted octanol–water partition coefficient (Wildman–Crippen LogP) is 4.54. The zero-order valence-electron chi connectivity index (χ0n) is 15.4. The topological polar surface area (TPSA) is 78.9 Å². The van der Waals surface area contributed by atoms with Gasteiger partial charge in [-0.15, -0.1) is 0 Å². The molecule has 0 aliphatic carbocycles. The molecule has 3 rings (SSSR count). The van der Waals surface area contributed by atoms with E-state index < -0.39 is 0 Å². The molecular weight excluding hydrogens is 406 g/mol. The number of nitrogens with two attached hydrogens (primary N) is 1. The van der Waals surface area contributed by atoms with E-state index in [0.29, 0.717) is 28.3 Å². The fourth-order valence-electron chi connectivity index (χ4n) is 2.79. The highest BCUT2D eigenvalue weighted by atomic mass is 79.9. The second kappa shape index (κ2) is 9.50. The van der Waals surface area contributed by atoms with Gasteiger partial charge < -0.3 is 15.0 Å². The molecule has 0 saturated carbocycles. The number of aromatic nitrogens is 4. The number of hydrogen-bond acceptors (Lipinski definition) is 5. The standard InChI is InChI=1S/C20H24BrN5O/c1-2-3-4-5-9-13-26-18-16(23-19(26)21)17(22)24-20(25-18)27-14-12-15-10-7-6-8-11-15/h3-4,6-8,10-11H,2,5,9,12-14H2,1H3,(H2,22,24,25)/b4-3+. The summed E-state index contributed by atoms with van der Waals surface area (Å²) < 4.78 is 8.47. The van der Waals surface area contributed by atoms with E-state index in [4.69, 9.17) is 10.5 Å². The fourth-order valence-corrected chi connectivity index (χ4v) is 3.32. The first kappa shape index (κ1) is 19.4. The van der Waals surface area contributed by atoms with E-state index in [9.17, 15) is 0 Å². The van der Waals surface area contributed by atoms with Gasteiger partial charge in [-0.25, -0.2) is 4.98 Å². The van der Waals surface area contributed by atoms with Crippen LogP contribution in [0.4, 0.5) is 5.82 Å². The number of unbranched alkanes of at least 4 members (excludes halogenated alkanes) is 1. The van der Waals surface area contributed by atoms with E-state index in [1.165, 1.54) is 5.56 Å². The molecule has 1 aromatic carbocycles. The molecule has 0 spiro atoms. The number of hydrogen-bond donors (Lipinski definition) is 1. The Morgan fingerprint density at radius 1 is 1.15 bits per heavy atom. The number of allylic oxidation sites excluding steroid dienone is 2. The quantitative estimate of drug-likeness (QED) is 0.306. The molecule has 7 heteroatoms. The van der Waals surface area contributed by atoms with Gasteiger partial charge in [-0.3, -0.25) is 0 Å². The number of aryl methyl sites for hydroxylation is 1. The van der Waals surface area contributed by atoms with Crippen molar-refractivity contribution < 1.29 is 4.74 Å². The Labute approximate surface area is 167 Å². The number of ether oxygens (including phenoxy) is 1. The summed E-state index contributed by atoms with van der Waals surface area (Å²) in [6.07, 6.45) is 8.24. The smallest absolute Gasteiger partial charge is 0.320 e. The molecule has 142 valence electrons. The molecule has 0 aliphatic rings. The third kappa shape index (κ3) is 5.07. The molecule has 0 bridgehead atoms. The van der Waals surface area contributed by atoms with Crippen LogP contribution in [-0.4, -0.2) is 26.1 Å². The van der Waals surface area contributed by atoms with Gasteiger partial charge in [-0.05, 0) is 40.8 Å². The summed E-state index contributed by atoms with van der Waals surface area (Å²) in [7, 11) is 0. The van der Waals surface area contributed by atoms with Crippen LogP contribution in [0.15, 0.2) is 47.2 Å². The largest absolute Gasteiger partial charge is 0.463 e. The van der Waals surface area contributed by atoms with Gasteiger partial charge in [0.25, 0.3) is 0 Å². The molecule has 0 atom stereocenters. The van der Waals surface area contributed by atoms with Gasteiger partial charge in [-0.1, -0.05) is 49.4 Å². The van der Waals surface area contributed by atoms with Crippen LogP contribution in [0, 0.1) is 0 Å². The Morgan fingerprint density at radius 3 is 2.74 bits per heavy atom. The molecule has 2 heterocycles. The van der Waals surface area contributed by atoms with Gasteiger partial charge in [0.15, 0.2) is 21.7 Å². The number of benzene rings is 1. The van der Waals surface area contributed by atoms with Crippen molar-refractivity contribution in [3.8, 4) is 6.01 Å². The molecule has 2 N–H and O–H groups in total. The van der Waals surface area contributed by atoms with Gasteiger partial charge in [0.2, 0.25) is 0 Å². The van der Waals surface area contributed by atoms with Crippen LogP contribution in [0.5, 0.6) is 6.01 Å². The minimum atomic E-state index is 0.287. The Morgan fingerprint density at radius 2 is 1.96 bits per heavy atom. The summed E-state index contributed by atoms with van der Waals surface area (Å²) >= 11 is 3.50. The molecule has 2 aromatic heterocycles. The van der Waals surface area contributed by atoms with Gasteiger partial charge in [0.1, 0.15) is 0 Å². The molecule has 6 nitrogen and oxygen atoms in total. The lowest BCUT2D eigenvalue weighted by Crippen LogP contribution is -2.07. The summed E-state index contributed by atoms with van der Waals surface area (Å²) in [5.74, 6) is 0.333. The molecule has 0 saturated heterocycles. The van der Waals surface area contributed by atoms with Gasteiger partial charge >= 0.3 is 6.01 Å². The second-order valence-corrected chi connectivity index (χ2v) is 6.91. The number of nitrogens with zero attached hydrogens (tertiary/aromatic N) is 4. The van der Waals surface area contributed by atoms with Gasteiger partial charge in [0.05, 0.1) is 6.61 Å². The average molecular weight is 430 g/mol. The van der Waals surface area contributed by atoms with Crippen molar-refractivity contribution in [2.45, 2.75) is 39.2 Å². The first-order chi connectivity index (χ1) is 13.2. The first-order valence-electron chi connectivity index (χ1n) is 9.20. The molecular formula is C20H24BrN5O. The lowest BCUT2D eigenvalue weighted by molar-refractivity contribution is 0.297. The van der Waals surface area contributed by atoms with Crippen molar-refractivity contribution in [3.05, 3.63) is 52.8 Å². The van der Waals surface area contributed by atoms with E-state index in [0.717, 1.165) is 32.2 Å². The van der Waals surface area contributed by atoms with E-state index in [-0.39, 0.29) is 6.01 Å². The van der Waals surface area contributed by atoms with Gasteiger partial charge in [-0.2, -0.15) is 9.97 Å². The maximum atomic E-state index is 6.08. The third-order valence-corrected chi connectivity index (χ3v) is 4.78.